The third kappa shape index (κ3) is 8.30. The molecule has 1 aromatic rings. The van der Waals surface area contributed by atoms with Crippen molar-refractivity contribution in [3.63, 3.8) is 0 Å². The first-order valence-corrected chi connectivity index (χ1v) is 7.98. The number of hydrogen-bond donors (Lipinski definition) is 0. The van der Waals surface area contributed by atoms with Gasteiger partial charge in [-0.15, -0.1) is 0 Å². The fraction of sp³-hybridized carbons (Fsp3) is 0.421. The van der Waals surface area contributed by atoms with Gasteiger partial charge in [0.05, 0.1) is 12.9 Å². The van der Waals surface area contributed by atoms with Crippen molar-refractivity contribution in [2.24, 2.45) is 0 Å². The van der Waals surface area contributed by atoms with Gasteiger partial charge in [-0.25, -0.2) is 4.79 Å². The standard InChI is InChI=1S/C19H26O3/c1-3-5-6-7-8-9-16-22-18-13-10-17(11-14-18)12-15-19(20)21-4-2/h4,10-15H,2-3,5-9,16H2,1H3/b15-12+. The summed E-state index contributed by atoms with van der Waals surface area (Å²) in [5.41, 5.74) is 0.924. The lowest BCUT2D eigenvalue weighted by atomic mass is 10.1. The monoisotopic (exact) mass is 302 g/mol. The van der Waals surface area contributed by atoms with Crippen molar-refractivity contribution < 1.29 is 14.3 Å². The van der Waals surface area contributed by atoms with Crippen LogP contribution in [-0.4, -0.2) is 12.6 Å². The lowest BCUT2D eigenvalue weighted by molar-refractivity contribution is -0.132. The average Bonchev–Trinajstić information content (AvgIpc) is 2.53. The molecule has 3 heteroatoms. The van der Waals surface area contributed by atoms with Crippen LogP contribution < -0.4 is 4.74 Å². The highest BCUT2D eigenvalue weighted by Gasteiger charge is 1.96. The predicted octanol–water partition coefficient (Wildman–Crippen LogP) is 5.13. The molecule has 1 aromatic carbocycles. The zero-order valence-corrected chi connectivity index (χ0v) is 13.4. The minimum Gasteiger partial charge on any atom is -0.494 e. The Kier molecular flexibility index (Phi) is 9.51. The molecule has 0 heterocycles. The van der Waals surface area contributed by atoms with E-state index >= 15 is 0 Å². The zero-order valence-electron chi connectivity index (χ0n) is 13.4. The van der Waals surface area contributed by atoms with Crippen LogP contribution in [0.1, 0.15) is 51.0 Å². The smallest absolute Gasteiger partial charge is 0.335 e. The van der Waals surface area contributed by atoms with Gasteiger partial charge in [0.25, 0.3) is 0 Å². The number of rotatable bonds is 11. The second-order valence-electron chi connectivity index (χ2n) is 5.12. The molecule has 0 radical (unpaired) electrons. The summed E-state index contributed by atoms with van der Waals surface area (Å²) in [4.78, 5) is 11.1. The number of carbonyl (C=O) groups excluding carboxylic acids is 1. The second-order valence-corrected chi connectivity index (χ2v) is 5.12. The highest BCUT2D eigenvalue weighted by molar-refractivity contribution is 5.87. The third-order valence-electron chi connectivity index (χ3n) is 3.26. The summed E-state index contributed by atoms with van der Waals surface area (Å²) >= 11 is 0. The Bertz CT molecular complexity index is 460. The number of benzene rings is 1. The molecule has 22 heavy (non-hydrogen) atoms. The van der Waals surface area contributed by atoms with E-state index in [9.17, 15) is 4.79 Å². The Hall–Kier alpha value is -2.03. The minimum atomic E-state index is -0.432. The van der Waals surface area contributed by atoms with Crippen molar-refractivity contribution in [1.29, 1.82) is 0 Å². The SMILES string of the molecule is C=COC(=O)/C=C/c1ccc(OCCCCCCCC)cc1. The molecule has 0 saturated heterocycles. The first kappa shape index (κ1) is 18.0. The molecule has 1 rings (SSSR count). The van der Waals surface area contributed by atoms with E-state index in [0.717, 1.165) is 30.6 Å². The van der Waals surface area contributed by atoms with E-state index in [4.69, 9.17) is 4.74 Å². The van der Waals surface area contributed by atoms with Gasteiger partial charge in [0.15, 0.2) is 0 Å². The summed E-state index contributed by atoms with van der Waals surface area (Å²) in [6.45, 7) is 6.31. The quantitative estimate of drug-likeness (QED) is 0.246. The number of ether oxygens (including phenoxy) is 2. The van der Waals surface area contributed by atoms with E-state index in [1.807, 2.05) is 24.3 Å². The highest BCUT2D eigenvalue weighted by Crippen LogP contribution is 2.14. The summed E-state index contributed by atoms with van der Waals surface area (Å²) in [5.74, 6) is 0.428. The summed E-state index contributed by atoms with van der Waals surface area (Å²) in [7, 11) is 0. The summed E-state index contributed by atoms with van der Waals surface area (Å²) in [6, 6.07) is 7.65. The van der Waals surface area contributed by atoms with E-state index in [1.165, 1.54) is 38.2 Å². The lowest BCUT2D eigenvalue weighted by Crippen LogP contribution is -1.97. The van der Waals surface area contributed by atoms with Crippen LogP contribution in [0.4, 0.5) is 0 Å². The zero-order chi connectivity index (χ0) is 16.0. The Morgan fingerprint density at radius 3 is 2.45 bits per heavy atom. The molecular weight excluding hydrogens is 276 g/mol. The van der Waals surface area contributed by atoms with Crippen molar-refractivity contribution in [3.05, 3.63) is 48.7 Å². The normalized spacial score (nSPS) is 10.6. The first-order valence-electron chi connectivity index (χ1n) is 7.98. The molecule has 120 valence electrons. The average molecular weight is 302 g/mol. The van der Waals surface area contributed by atoms with Gasteiger partial charge in [0, 0.05) is 6.08 Å². The summed E-state index contributed by atoms with van der Waals surface area (Å²) < 4.78 is 10.3. The van der Waals surface area contributed by atoms with Crippen LogP contribution in [0.15, 0.2) is 43.2 Å². The van der Waals surface area contributed by atoms with Gasteiger partial charge in [-0.05, 0) is 30.2 Å². The molecule has 0 aliphatic heterocycles. The van der Waals surface area contributed by atoms with Crippen LogP contribution in [0.25, 0.3) is 6.08 Å². The molecule has 0 amide bonds. The van der Waals surface area contributed by atoms with Gasteiger partial charge >= 0.3 is 5.97 Å². The van der Waals surface area contributed by atoms with Crippen LogP contribution >= 0.6 is 0 Å². The fourth-order valence-electron chi connectivity index (χ4n) is 2.03. The molecule has 0 aliphatic rings. The molecule has 0 fully saturated rings. The number of carbonyl (C=O) groups is 1. The minimum absolute atomic E-state index is 0.432. The van der Waals surface area contributed by atoms with Gasteiger partial charge < -0.3 is 9.47 Å². The molecule has 0 aliphatic carbocycles. The Morgan fingerprint density at radius 2 is 1.77 bits per heavy atom. The van der Waals surface area contributed by atoms with Crippen LogP contribution in [0.5, 0.6) is 5.75 Å². The van der Waals surface area contributed by atoms with Crippen LogP contribution in [0.3, 0.4) is 0 Å². The molecular formula is C19H26O3. The second kappa shape index (κ2) is 11.6. The van der Waals surface area contributed by atoms with Crippen molar-refractivity contribution in [2.45, 2.75) is 45.4 Å². The van der Waals surface area contributed by atoms with Gasteiger partial charge in [-0.1, -0.05) is 57.7 Å². The molecule has 0 aromatic heterocycles. The van der Waals surface area contributed by atoms with E-state index < -0.39 is 5.97 Å². The van der Waals surface area contributed by atoms with Crippen LogP contribution in [-0.2, 0) is 9.53 Å². The van der Waals surface area contributed by atoms with Gasteiger partial charge in [0.2, 0.25) is 0 Å². The first-order chi connectivity index (χ1) is 10.8. The Labute approximate surface area is 133 Å². The van der Waals surface area contributed by atoms with Crippen molar-refractivity contribution >= 4 is 12.0 Å². The maximum Gasteiger partial charge on any atom is 0.335 e. The van der Waals surface area contributed by atoms with E-state index in [0.29, 0.717) is 0 Å². The summed E-state index contributed by atoms with van der Waals surface area (Å²) in [6.07, 6.45) is 11.7. The molecule has 0 saturated carbocycles. The molecule has 3 nitrogen and oxygen atoms in total. The Balaban J connectivity index is 2.24. The van der Waals surface area contributed by atoms with Crippen LogP contribution in [0, 0.1) is 0 Å². The topological polar surface area (TPSA) is 35.5 Å². The third-order valence-corrected chi connectivity index (χ3v) is 3.26. The maximum atomic E-state index is 11.1. The van der Waals surface area contributed by atoms with Crippen LogP contribution in [0.2, 0.25) is 0 Å². The Morgan fingerprint density at radius 1 is 1.09 bits per heavy atom. The number of hydrogen-bond acceptors (Lipinski definition) is 3. The predicted molar refractivity (Wildman–Crippen MR) is 90.6 cm³/mol. The highest BCUT2D eigenvalue weighted by atomic mass is 16.5. The molecule has 0 bridgehead atoms. The lowest BCUT2D eigenvalue weighted by Gasteiger charge is -2.06. The number of unbranched alkanes of at least 4 members (excludes halogenated alkanes) is 5. The van der Waals surface area contributed by atoms with Gasteiger partial charge in [0.1, 0.15) is 5.75 Å². The van der Waals surface area contributed by atoms with Gasteiger partial charge in [-0.3, -0.25) is 0 Å². The summed E-state index contributed by atoms with van der Waals surface area (Å²) in [5, 5.41) is 0. The molecule has 0 spiro atoms. The largest absolute Gasteiger partial charge is 0.494 e. The molecule has 0 atom stereocenters. The fourth-order valence-corrected chi connectivity index (χ4v) is 2.03. The molecule has 0 N–H and O–H groups in total. The van der Waals surface area contributed by atoms with Gasteiger partial charge in [-0.2, -0.15) is 0 Å². The van der Waals surface area contributed by atoms with Crippen molar-refractivity contribution in [1.82, 2.24) is 0 Å². The van der Waals surface area contributed by atoms with Crippen molar-refractivity contribution in [3.8, 4) is 5.75 Å². The van der Waals surface area contributed by atoms with Crippen molar-refractivity contribution in [2.75, 3.05) is 6.61 Å². The number of esters is 1. The van der Waals surface area contributed by atoms with E-state index in [2.05, 4.69) is 18.2 Å². The van der Waals surface area contributed by atoms with E-state index in [1.54, 1.807) is 6.08 Å². The van der Waals surface area contributed by atoms with E-state index in [-0.39, 0.29) is 0 Å². The molecule has 0 unspecified atom stereocenters. The maximum absolute atomic E-state index is 11.1.